The van der Waals surface area contributed by atoms with Crippen LogP contribution < -0.4 is 5.73 Å². The summed E-state index contributed by atoms with van der Waals surface area (Å²) in [5, 5.41) is 0.599. The van der Waals surface area contributed by atoms with Crippen LogP contribution in [0.2, 0.25) is 5.02 Å². The second-order valence-electron chi connectivity index (χ2n) is 3.97. The van der Waals surface area contributed by atoms with Gasteiger partial charge in [-0.25, -0.2) is 0 Å². The third-order valence-electron chi connectivity index (χ3n) is 2.70. The first-order chi connectivity index (χ1) is 8.58. The van der Waals surface area contributed by atoms with Gasteiger partial charge in [0.2, 0.25) is 11.8 Å². The summed E-state index contributed by atoms with van der Waals surface area (Å²) in [5.74, 6) is 0.484. The Balaban J connectivity index is 1.88. The van der Waals surface area contributed by atoms with E-state index in [4.69, 9.17) is 17.3 Å². The fourth-order valence-corrected chi connectivity index (χ4v) is 2.83. The molecular formula is C12H13ClN2O2S. The van der Waals surface area contributed by atoms with Crippen molar-refractivity contribution in [3.63, 3.8) is 0 Å². The average molecular weight is 285 g/mol. The number of benzene rings is 1. The lowest BCUT2D eigenvalue weighted by molar-refractivity contribution is -0.137. The van der Waals surface area contributed by atoms with Gasteiger partial charge in [0.25, 0.3) is 0 Å². The maximum absolute atomic E-state index is 11.4. The van der Waals surface area contributed by atoms with E-state index >= 15 is 0 Å². The van der Waals surface area contributed by atoms with Crippen molar-refractivity contribution in [2.45, 2.75) is 17.7 Å². The second kappa shape index (κ2) is 5.63. The van der Waals surface area contributed by atoms with Crippen molar-refractivity contribution >= 4 is 40.9 Å². The SMILES string of the molecule is Nc1cc(Cl)ccc1SCCN1C(=O)CCC1=O. The van der Waals surface area contributed by atoms with Gasteiger partial charge < -0.3 is 5.73 Å². The first-order valence-corrected chi connectivity index (χ1v) is 6.95. The third kappa shape index (κ3) is 2.97. The molecule has 18 heavy (non-hydrogen) atoms. The van der Waals surface area contributed by atoms with Crippen molar-refractivity contribution in [2.75, 3.05) is 18.0 Å². The molecule has 2 N–H and O–H groups in total. The van der Waals surface area contributed by atoms with E-state index in [0.717, 1.165) is 4.90 Å². The molecule has 1 aliphatic rings. The Morgan fingerprint density at radius 1 is 1.28 bits per heavy atom. The topological polar surface area (TPSA) is 63.4 Å². The van der Waals surface area contributed by atoms with Crippen LogP contribution >= 0.6 is 23.4 Å². The fraction of sp³-hybridized carbons (Fsp3) is 0.333. The average Bonchev–Trinajstić information content (AvgIpc) is 2.63. The number of amides is 2. The number of anilines is 1. The van der Waals surface area contributed by atoms with Crippen molar-refractivity contribution in [3.05, 3.63) is 23.2 Å². The Kier molecular flexibility index (Phi) is 4.14. The zero-order chi connectivity index (χ0) is 13.1. The van der Waals surface area contributed by atoms with Gasteiger partial charge >= 0.3 is 0 Å². The number of halogens is 1. The molecule has 1 aliphatic heterocycles. The number of rotatable bonds is 4. The van der Waals surface area contributed by atoms with Crippen molar-refractivity contribution in [3.8, 4) is 0 Å². The zero-order valence-electron chi connectivity index (χ0n) is 9.69. The van der Waals surface area contributed by atoms with E-state index in [-0.39, 0.29) is 11.8 Å². The van der Waals surface area contributed by atoms with E-state index in [2.05, 4.69) is 0 Å². The summed E-state index contributed by atoms with van der Waals surface area (Å²) < 4.78 is 0. The summed E-state index contributed by atoms with van der Waals surface area (Å²) in [6.07, 6.45) is 0.680. The maximum atomic E-state index is 11.4. The van der Waals surface area contributed by atoms with Gasteiger partial charge in [-0.3, -0.25) is 14.5 Å². The molecule has 0 saturated carbocycles. The molecule has 2 amide bonds. The Morgan fingerprint density at radius 2 is 1.94 bits per heavy atom. The summed E-state index contributed by atoms with van der Waals surface area (Å²) in [6.45, 7) is 0.435. The minimum absolute atomic E-state index is 0.0790. The number of carbonyl (C=O) groups excluding carboxylic acids is 2. The van der Waals surface area contributed by atoms with E-state index in [1.807, 2.05) is 6.07 Å². The molecule has 1 heterocycles. The molecule has 2 rings (SSSR count). The highest BCUT2D eigenvalue weighted by Crippen LogP contribution is 2.27. The molecule has 0 atom stereocenters. The molecule has 0 bridgehead atoms. The Hall–Kier alpha value is -1.20. The minimum Gasteiger partial charge on any atom is -0.398 e. The summed E-state index contributed by atoms with van der Waals surface area (Å²) in [7, 11) is 0. The highest BCUT2D eigenvalue weighted by molar-refractivity contribution is 7.99. The number of hydrogen-bond donors (Lipinski definition) is 1. The van der Waals surface area contributed by atoms with E-state index in [1.165, 1.54) is 16.7 Å². The summed E-state index contributed by atoms with van der Waals surface area (Å²) in [4.78, 5) is 25.0. The smallest absolute Gasteiger partial charge is 0.229 e. The van der Waals surface area contributed by atoms with Gasteiger partial charge in [-0.05, 0) is 18.2 Å². The Morgan fingerprint density at radius 3 is 2.56 bits per heavy atom. The van der Waals surface area contributed by atoms with Crippen LogP contribution in [0, 0.1) is 0 Å². The number of nitrogens with zero attached hydrogens (tertiary/aromatic N) is 1. The molecule has 1 fully saturated rings. The van der Waals surface area contributed by atoms with E-state index in [9.17, 15) is 9.59 Å². The molecular weight excluding hydrogens is 272 g/mol. The van der Waals surface area contributed by atoms with Crippen LogP contribution in [0.3, 0.4) is 0 Å². The number of likely N-dealkylation sites (tertiary alicyclic amines) is 1. The Bertz CT molecular complexity index is 477. The molecule has 6 heteroatoms. The minimum atomic E-state index is -0.0790. The van der Waals surface area contributed by atoms with Crippen LogP contribution in [0.25, 0.3) is 0 Å². The van der Waals surface area contributed by atoms with Gasteiger partial charge in [0.1, 0.15) is 0 Å². The van der Waals surface area contributed by atoms with Crippen LogP contribution in [0.1, 0.15) is 12.8 Å². The molecule has 0 radical (unpaired) electrons. The molecule has 1 saturated heterocycles. The van der Waals surface area contributed by atoms with Crippen molar-refractivity contribution in [1.82, 2.24) is 4.90 Å². The second-order valence-corrected chi connectivity index (χ2v) is 5.54. The monoisotopic (exact) mass is 284 g/mol. The number of thioether (sulfide) groups is 1. The normalized spacial score (nSPS) is 15.5. The predicted octanol–water partition coefficient (Wildman–Crippen LogP) is 2.16. The molecule has 1 aromatic carbocycles. The number of nitrogen functional groups attached to an aromatic ring is 1. The van der Waals surface area contributed by atoms with Crippen molar-refractivity contribution in [2.24, 2.45) is 0 Å². The lowest BCUT2D eigenvalue weighted by Crippen LogP contribution is -2.31. The molecule has 1 aromatic rings. The molecule has 0 aliphatic carbocycles. The Labute approximate surface area is 114 Å². The predicted molar refractivity (Wildman–Crippen MR) is 72.5 cm³/mol. The van der Waals surface area contributed by atoms with Gasteiger partial charge in [-0.15, -0.1) is 11.8 Å². The number of nitrogens with two attached hydrogens (primary N) is 1. The van der Waals surface area contributed by atoms with Crippen LogP contribution in [0.15, 0.2) is 23.1 Å². The molecule has 4 nitrogen and oxygen atoms in total. The number of hydrogen-bond acceptors (Lipinski definition) is 4. The van der Waals surface area contributed by atoms with Crippen LogP contribution in [-0.4, -0.2) is 29.0 Å². The first-order valence-electron chi connectivity index (χ1n) is 5.59. The third-order valence-corrected chi connectivity index (χ3v) is 4.00. The van der Waals surface area contributed by atoms with Crippen LogP contribution in [0.4, 0.5) is 5.69 Å². The highest BCUT2D eigenvalue weighted by atomic mass is 35.5. The van der Waals surface area contributed by atoms with Crippen molar-refractivity contribution < 1.29 is 9.59 Å². The van der Waals surface area contributed by atoms with E-state index in [0.29, 0.717) is 35.8 Å². The molecule has 0 spiro atoms. The number of carbonyl (C=O) groups is 2. The molecule has 0 unspecified atom stereocenters. The molecule has 96 valence electrons. The summed E-state index contributed by atoms with van der Waals surface area (Å²) >= 11 is 7.32. The van der Waals surface area contributed by atoms with Gasteiger partial charge in [-0.2, -0.15) is 0 Å². The lowest BCUT2D eigenvalue weighted by Gasteiger charge is -2.13. The first kappa shape index (κ1) is 13.2. The summed E-state index contributed by atoms with van der Waals surface area (Å²) in [5.41, 5.74) is 6.43. The fourth-order valence-electron chi connectivity index (χ4n) is 1.77. The summed E-state index contributed by atoms with van der Waals surface area (Å²) in [6, 6.07) is 5.30. The van der Waals surface area contributed by atoms with E-state index < -0.39 is 0 Å². The highest BCUT2D eigenvalue weighted by Gasteiger charge is 2.28. The van der Waals surface area contributed by atoms with Gasteiger partial charge in [0.15, 0.2) is 0 Å². The van der Waals surface area contributed by atoms with Crippen LogP contribution in [-0.2, 0) is 9.59 Å². The zero-order valence-corrected chi connectivity index (χ0v) is 11.3. The maximum Gasteiger partial charge on any atom is 0.229 e. The quantitative estimate of drug-likeness (QED) is 0.523. The van der Waals surface area contributed by atoms with Crippen LogP contribution in [0.5, 0.6) is 0 Å². The largest absolute Gasteiger partial charge is 0.398 e. The molecule has 0 aromatic heterocycles. The van der Waals surface area contributed by atoms with Gasteiger partial charge in [0.05, 0.1) is 0 Å². The van der Waals surface area contributed by atoms with Gasteiger partial charge in [-0.1, -0.05) is 11.6 Å². The number of imide groups is 1. The lowest BCUT2D eigenvalue weighted by atomic mass is 10.3. The van der Waals surface area contributed by atoms with Gasteiger partial charge in [0, 0.05) is 40.7 Å². The van der Waals surface area contributed by atoms with Crippen molar-refractivity contribution in [1.29, 1.82) is 0 Å². The standard InChI is InChI=1S/C12H13ClN2O2S/c13-8-1-2-10(9(14)7-8)18-6-5-15-11(16)3-4-12(15)17/h1-2,7H,3-6,14H2. The van der Waals surface area contributed by atoms with E-state index in [1.54, 1.807) is 12.1 Å².